The average molecular weight is 267 g/mol. The Kier molecular flexibility index (Phi) is 5.15. The standard InChI is InChI=1S/C14H25N3S/c1-4-5-13(8-15-12-6-7-12)17(3)9-14-11(2)16-10-18-14/h10,12-13,15H,4-9H2,1-3H3. The van der Waals surface area contributed by atoms with Gasteiger partial charge < -0.3 is 5.32 Å². The van der Waals surface area contributed by atoms with Crippen molar-refractivity contribution in [2.75, 3.05) is 13.6 Å². The van der Waals surface area contributed by atoms with Crippen molar-refractivity contribution in [3.8, 4) is 0 Å². The molecule has 1 fully saturated rings. The highest BCUT2D eigenvalue weighted by Crippen LogP contribution is 2.20. The van der Waals surface area contributed by atoms with Crippen LogP contribution >= 0.6 is 11.3 Å². The first-order valence-corrected chi connectivity index (χ1v) is 7.91. The Morgan fingerprint density at radius 2 is 2.33 bits per heavy atom. The van der Waals surface area contributed by atoms with Crippen LogP contribution in [0.4, 0.5) is 0 Å². The summed E-state index contributed by atoms with van der Waals surface area (Å²) in [4.78, 5) is 8.23. The molecule has 0 aliphatic heterocycles. The van der Waals surface area contributed by atoms with Gasteiger partial charge in [-0.15, -0.1) is 11.3 Å². The lowest BCUT2D eigenvalue weighted by Crippen LogP contribution is -2.40. The zero-order valence-electron chi connectivity index (χ0n) is 11.8. The van der Waals surface area contributed by atoms with E-state index in [1.54, 1.807) is 11.3 Å². The highest BCUT2D eigenvalue weighted by atomic mass is 32.1. The molecule has 0 bridgehead atoms. The van der Waals surface area contributed by atoms with E-state index in [0.717, 1.165) is 19.1 Å². The second-order valence-electron chi connectivity index (χ2n) is 5.40. The van der Waals surface area contributed by atoms with Gasteiger partial charge in [-0.05, 0) is 33.2 Å². The molecular formula is C14H25N3S. The Morgan fingerprint density at radius 1 is 1.56 bits per heavy atom. The second-order valence-corrected chi connectivity index (χ2v) is 6.34. The fourth-order valence-electron chi connectivity index (χ4n) is 2.24. The number of aryl methyl sites for hydroxylation is 1. The number of nitrogens with one attached hydrogen (secondary N) is 1. The normalized spacial score (nSPS) is 17.3. The van der Waals surface area contributed by atoms with Crippen LogP contribution in [0.3, 0.4) is 0 Å². The van der Waals surface area contributed by atoms with Crippen molar-refractivity contribution in [2.45, 2.75) is 58.2 Å². The number of aromatic nitrogens is 1. The van der Waals surface area contributed by atoms with E-state index < -0.39 is 0 Å². The lowest BCUT2D eigenvalue weighted by Gasteiger charge is -2.28. The number of hydrogen-bond acceptors (Lipinski definition) is 4. The molecule has 0 saturated heterocycles. The molecule has 0 aromatic carbocycles. The van der Waals surface area contributed by atoms with Crippen LogP contribution < -0.4 is 5.32 Å². The predicted molar refractivity (Wildman–Crippen MR) is 78.0 cm³/mol. The summed E-state index contributed by atoms with van der Waals surface area (Å²) in [7, 11) is 2.24. The van der Waals surface area contributed by atoms with Gasteiger partial charge in [-0.1, -0.05) is 13.3 Å². The third-order valence-corrected chi connectivity index (χ3v) is 4.62. The summed E-state index contributed by atoms with van der Waals surface area (Å²) in [6.07, 6.45) is 5.27. The summed E-state index contributed by atoms with van der Waals surface area (Å²) in [6.45, 7) is 6.55. The first-order chi connectivity index (χ1) is 8.70. The van der Waals surface area contributed by atoms with Crippen molar-refractivity contribution in [3.63, 3.8) is 0 Å². The molecule has 1 atom stereocenters. The molecule has 0 amide bonds. The molecular weight excluding hydrogens is 242 g/mol. The van der Waals surface area contributed by atoms with Gasteiger partial charge in [0.15, 0.2) is 0 Å². The molecule has 3 nitrogen and oxygen atoms in total. The number of likely N-dealkylation sites (N-methyl/N-ethyl adjacent to an activating group) is 1. The molecule has 2 rings (SSSR count). The lowest BCUT2D eigenvalue weighted by molar-refractivity contribution is 0.215. The minimum atomic E-state index is 0.650. The van der Waals surface area contributed by atoms with Crippen LogP contribution in [0.2, 0.25) is 0 Å². The maximum Gasteiger partial charge on any atom is 0.0798 e. The molecule has 18 heavy (non-hydrogen) atoms. The highest BCUT2D eigenvalue weighted by molar-refractivity contribution is 7.09. The van der Waals surface area contributed by atoms with E-state index in [1.165, 1.54) is 36.3 Å². The van der Waals surface area contributed by atoms with Gasteiger partial charge in [0.1, 0.15) is 0 Å². The molecule has 1 aliphatic rings. The van der Waals surface area contributed by atoms with Crippen LogP contribution in [0.5, 0.6) is 0 Å². The first kappa shape index (κ1) is 14.0. The van der Waals surface area contributed by atoms with Gasteiger partial charge in [-0.25, -0.2) is 4.98 Å². The SMILES string of the molecule is CCCC(CNC1CC1)N(C)Cc1scnc1C. The minimum Gasteiger partial charge on any atom is -0.312 e. The van der Waals surface area contributed by atoms with Crippen molar-refractivity contribution in [1.29, 1.82) is 0 Å². The van der Waals surface area contributed by atoms with Gasteiger partial charge in [-0.3, -0.25) is 4.90 Å². The van der Waals surface area contributed by atoms with E-state index in [4.69, 9.17) is 0 Å². The molecule has 0 radical (unpaired) electrons. The molecule has 1 N–H and O–H groups in total. The van der Waals surface area contributed by atoms with Crippen LogP contribution in [0.1, 0.15) is 43.2 Å². The summed E-state index contributed by atoms with van der Waals surface area (Å²) in [5, 5.41) is 3.66. The predicted octanol–water partition coefficient (Wildman–Crippen LogP) is 2.80. The number of rotatable bonds is 8. The quantitative estimate of drug-likeness (QED) is 0.785. The van der Waals surface area contributed by atoms with Gasteiger partial charge in [0.2, 0.25) is 0 Å². The summed E-state index contributed by atoms with van der Waals surface area (Å²) in [6, 6.07) is 1.46. The smallest absolute Gasteiger partial charge is 0.0798 e. The van der Waals surface area contributed by atoms with E-state index in [9.17, 15) is 0 Å². The van der Waals surface area contributed by atoms with E-state index in [2.05, 4.69) is 36.1 Å². The van der Waals surface area contributed by atoms with Crippen LogP contribution in [-0.2, 0) is 6.54 Å². The van der Waals surface area contributed by atoms with Crippen molar-refractivity contribution in [2.24, 2.45) is 0 Å². The third kappa shape index (κ3) is 4.04. The van der Waals surface area contributed by atoms with Crippen LogP contribution in [0, 0.1) is 6.92 Å². The number of hydrogen-bond donors (Lipinski definition) is 1. The van der Waals surface area contributed by atoms with Crippen molar-refractivity contribution in [3.05, 3.63) is 16.1 Å². The van der Waals surface area contributed by atoms with Gasteiger partial charge in [-0.2, -0.15) is 0 Å². The Bertz CT molecular complexity index is 360. The second kappa shape index (κ2) is 6.64. The highest BCUT2D eigenvalue weighted by Gasteiger charge is 2.23. The van der Waals surface area contributed by atoms with Crippen LogP contribution in [0.25, 0.3) is 0 Å². The van der Waals surface area contributed by atoms with E-state index in [1.807, 2.05) is 5.51 Å². The largest absolute Gasteiger partial charge is 0.312 e. The van der Waals surface area contributed by atoms with Crippen molar-refractivity contribution < 1.29 is 0 Å². The summed E-state index contributed by atoms with van der Waals surface area (Å²) in [5.41, 5.74) is 3.15. The fraction of sp³-hybridized carbons (Fsp3) is 0.786. The van der Waals surface area contributed by atoms with Crippen LogP contribution in [0.15, 0.2) is 5.51 Å². The Labute approximate surface area is 115 Å². The molecule has 1 unspecified atom stereocenters. The van der Waals surface area contributed by atoms with Gasteiger partial charge in [0.25, 0.3) is 0 Å². The maximum atomic E-state index is 4.34. The Balaban J connectivity index is 1.85. The molecule has 1 aromatic heterocycles. The molecule has 1 saturated carbocycles. The third-order valence-electron chi connectivity index (χ3n) is 3.70. The number of thiazole rings is 1. The Hall–Kier alpha value is -0.450. The summed E-state index contributed by atoms with van der Waals surface area (Å²) >= 11 is 1.78. The number of nitrogens with zero attached hydrogens (tertiary/aromatic N) is 2. The topological polar surface area (TPSA) is 28.2 Å². The summed E-state index contributed by atoms with van der Waals surface area (Å²) < 4.78 is 0. The van der Waals surface area contributed by atoms with Crippen molar-refractivity contribution in [1.82, 2.24) is 15.2 Å². The van der Waals surface area contributed by atoms with Gasteiger partial charge >= 0.3 is 0 Å². The Morgan fingerprint density at radius 3 is 2.89 bits per heavy atom. The molecule has 102 valence electrons. The van der Waals surface area contributed by atoms with Crippen LogP contribution in [-0.4, -0.2) is 35.6 Å². The van der Waals surface area contributed by atoms with Gasteiger partial charge in [0.05, 0.1) is 11.2 Å². The molecule has 0 spiro atoms. The fourth-order valence-corrected chi connectivity index (χ4v) is 3.07. The molecule has 1 aliphatic carbocycles. The maximum absolute atomic E-state index is 4.34. The summed E-state index contributed by atoms with van der Waals surface area (Å²) in [5.74, 6) is 0. The molecule has 1 aromatic rings. The average Bonchev–Trinajstić information content (AvgIpc) is 3.09. The zero-order valence-corrected chi connectivity index (χ0v) is 12.6. The van der Waals surface area contributed by atoms with E-state index >= 15 is 0 Å². The lowest BCUT2D eigenvalue weighted by atomic mass is 10.1. The molecule has 4 heteroatoms. The van der Waals surface area contributed by atoms with Crippen molar-refractivity contribution >= 4 is 11.3 Å². The zero-order chi connectivity index (χ0) is 13.0. The van der Waals surface area contributed by atoms with Gasteiger partial charge in [0, 0.05) is 30.1 Å². The minimum absolute atomic E-state index is 0.650. The molecule has 1 heterocycles. The van der Waals surface area contributed by atoms with E-state index in [-0.39, 0.29) is 0 Å². The monoisotopic (exact) mass is 267 g/mol. The first-order valence-electron chi connectivity index (χ1n) is 7.03. The van der Waals surface area contributed by atoms with E-state index in [0.29, 0.717) is 6.04 Å².